The zero-order valence-corrected chi connectivity index (χ0v) is 12.1. The number of nitrogens with one attached hydrogen (secondary N) is 1. The summed E-state index contributed by atoms with van der Waals surface area (Å²) in [5.41, 5.74) is 4.20. The maximum Gasteiger partial charge on any atom is 0.0343 e. The lowest BCUT2D eigenvalue weighted by molar-refractivity contribution is 0.564. The second-order valence-electron chi connectivity index (χ2n) is 5.25. The Morgan fingerprint density at radius 2 is 1.82 bits per heavy atom. The predicted molar refractivity (Wildman–Crippen MR) is 78.7 cm³/mol. The van der Waals surface area contributed by atoms with E-state index in [1.54, 1.807) is 0 Å². The molecule has 0 rings (SSSR count). The number of allylic oxidation sites excluding steroid dienone is 5. The fourth-order valence-corrected chi connectivity index (χ4v) is 1.61. The monoisotopic (exact) mass is 233 g/mol. The van der Waals surface area contributed by atoms with Gasteiger partial charge in [-0.3, -0.25) is 0 Å². The van der Waals surface area contributed by atoms with Gasteiger partial charge in [-0.25, -0.2) is 0 Å². The summed E-state index contributed by atoms with van der Waals surface area (Å²) in [7, 11) is 0. The Morgan fingerprint density at radius 3 is 2.24 bits per heavy atom. The highest BCUT2D eigenvalue weighted by Crippen LogP contribution is 2.13. The molecule has 0 saturated heterocycles. The molecule has 1 heteroatoms. The van der Waals surface area contributed by atoms with Gasteiger partial charge in [-0.1, -0.05) is 44.6 Å². The Balaban J connectivity index is 4.44. The van der Waals surface area contributed by atoms with Crippen LogP contribution in [0, 0.1) is 11.3 Å². The Bertz CT molecular complexity index is 325. The van der Waals surface area contributed by atoms with Gasteiger partial charge in [-0.15, -0.1) is 0 Å². The predicted octanol–water partition coefficient (Wildman–Crippen LogP) is 5.30. The molecule has 0 unspecified atom stereocenters. The summed E-state index contributed by atoms with van der Waals surface area (Å²) in [6.45, 7) is 14.4. The molecule has 0 heterocycles. The average Bonchev–Trinajstić information content (AvgIpc) is 2.24. The Hall–Kier alpha value is -1.11. The lowest BCUT2D eigenvalue weighted by Crippen LogP contribution is -2.00. The lowest BCUT2D eigenvalue weighted by atomic mass is 9.99. The largest absolute Gasteiger partial charge is 0.305 e. The van der Waals surface area contributed by atoms with Crippen LogP contribution in [0.3, 0.4) is 0 Å². The van der Waals surface area contributed by atoms with Crippen molar-refractivity contribution in [1.29, 1.82) is 5.41 Å². The van der Waals surface area contributed by atoms with Crippen molar-refractivity contribution in [3.05, 3.63) is 35.5 Å². The third-order valence-corrected chi connectivity index (χ3v) is 2.85. The molecule has 0 fully saturated rings. The van der Waals surface area contributed by atoms with E-state index in [1.165, 1.54) is 12.0 Å². The van der Waals surface area contributed by atoms with Crippen LogP contribution in [0.25, 0.3) is 0 Å². The van der Waals surface area contributed by atoms with E-state index >= 15 is 0 Å². The van der Waals surface area contributed by atoms with Crippen molar-refractivity contribution >= 4 is 5.71 Å². The number of rotatable bonds is 7. The SMILES string of the molecule is C=CC(/C=C(/C)C(=N)CCCC(C)C)=C(C)C. The van der Waals surface area contributed by atoms with Crippen molar-refractivity contribution in [2.45, 2.75) is 53.9 Å². The van der Waals surface area contributed by atoms with Crippen LogP contribution in [-0.4, -0.2) is 5.71 Å². The molecule has 0 spiro atoms. The van der Waals surface area contributed by atoms with E-state index < -0.39 is 0 Å². The van der Waals surface area contributed by atoms with Crippen LogP contribution in [-0.2, 0) is 0 Å². The van der Waals surface area contributed by atoms with E-state index in [2.05, 4.69) is 40.3 Å². The highest BCUT2D eigenvalue weighted by atomic mass is 14.4. The molecule has 0 saturated carbocycles. The lowest BCUT2D eigenvalue weighted by Gasteiger charge is -2.07. The van der Waals surface area contributed by atoms with Gasteiger partial charge in [0.25, 0.3) is 0 Å². The summed E-state index contributed by atoms with van der Waals surface area (Å²) >= 11 is 0. The molecule has 0 aromatic heterocycles. The molecule has 0 aromatic carbocycles. The molecule has 0 radical (unpaired) electrons. The highest BCUT2D eigenvalue weighted by molar-refractivity contribution is 5.97. The van der Waals surface area contributed by atoms with E-state index in [0.717, 1.165) is 35.6 Å². The second kappa shape index (κ2) is 8.05. The van der Waals surface area contributed by atoms with Gasteiger partial charge in [0, 0.05) is 5.71 Å². The zero-order valence-electron chi connectivity index (χ0n) is 12.1. The van der Waals surface area contributed by atoms with Gasteiger partial charge in [0.05, 0.1) is 0 Å². The minimum atomic E-state index is 0.730. The molecule has 0 aliphatic carbocycles. The van der Waals surface area contributed by atoms with Crippen LogP contribution in [0.5, 0.6) is 0 Å². The van der Waals surface area contributed by atoms with Crippen LogP contribution in [0.1, 0.15) is 53.9 Å². The molecule has 0 aromatic rings. The fraction of sp³-hybridized carbons (Fsp3) is 0.562. The second-order valence-corrected chi connectivity index (χ2v) is 5.25. The summed E-state index contributed by atoms with van der Waals surface area (Å²) in [6, 6.07) is 0. The van der Waals surface area contributed by atoms with Gasteiger partial charge in [-0.2, -0.15) is 0 Å². The maximum atomic E-state index is 8.02. The minimum absolute atomic E-state index is 0.730. The first-order valence-corrected chi connectivity index (χ1v) is 6.44. The van der Waals surface area contributed by atoms with Gasteiger partial charge in [-0.05, 0) is 50.7 Å². The van der Waals surface area contributed by atoms with Crippen molar-refractivity contribution in [3.63, 3.8) is 0 Å². The smallest absolute Gasteiger partial charge is 0.0343 e. The fourth-order valence-electron chi connectivity index (χ4n) is 1.61. The Labute approximate surface area is 107 Å². The molecule has 17 heavy (non-hydrogen) atoms. The van der Waals surface area contributed by atoms with Crippen molar-refractivity contribution in [2.24, 2.45) is 5.92 Å². The highest BCUT2D eigenvalue weighted by Gasteiger charge is 2.02. The summed E-state index contributed by atoms with van der Waals surface area (Å²) in [6.07, 6.45) is 7.13. The van der Waals surface area contributed by atoms with E-state index in [-0.39, 0.29) is 0 Å². The summed E-state index contributed by atoms with van der Waals surface area (Å²) in [5.74, 6) is 0.730. The molecule has 0 bridgehead atoms. The van der Waals surface area contributed by atoms with Crippen molar-refractivity contribution in [2.75, 3.05) is 0 Å². The first-order chi connectivity index (χ1) is 7.88. The molecule has 1 N–H and O–H groups in total. The standard InChI is InChI=1S/C16H27N/c1-7-15(13(4)5)11-14(6)16(17)10-8-9-12(2)3/h7,11-12,17H,1,8-10H2,2-6H3/b14-11-,17-16?. The first kappa shape index (κ1) is 15.9. The van der Waals surface area contributed by atoms with Crippen LogP contribution in [0.4, 0.5) is 0 Å². The zero-order chi connectivity index (χ0) is 13.4. The molecule has 0 atom stereocenters. The van der Waals surface area contributed by atoms with Crippen LogP contribution < -0.4 is 0 Å². The Kier molecular flexibility index (Phi) is 7.53. The van der Waals surface area contributed by atoms with Crippen molar-refractivity contribution < 1.29 is 0 Å². The molecular weight excluding hydrogens is 206 g/mol. The van der Waals surface area contributed by atoms with Gasteiger partial charge in [0.15, 0.2) is 0 Å². The van der Waals surface area contributed by atoms with Crippen molar-refractivity contribution in [1.82, 2.24) is 0 Å². The molecular formula is C16H27N. The molecule has 96 valence electrons. The van der Waals surface area contributed by atoms with E-state index in [4.69, 9.17) is 5.41 Å². The normalized spacial score (nSPS) is 11.5. The Morgan fingerprint density at radius 1 is 1.24 bits per heavy atom. The maximum absolute atomic E-state index is 8.02. The minimum Gasteiger partial charge on any atom is -0.305 e. The van der Waals surface area contributed by atoms with Gasteiger partial charge in [0.2, 0.25) is 0 Å². The summed E-state index contributed by atoms with van der Waals surface area (Å²) in [4.78, 5) is 0. The van der Waals surface area contributed by atoms with E-state index in [9.17, 15) is 0 Å². The quantitative estimate of drug-likeness (QED) is 0.455. The summed E-state index contributed by atoms with van der Waals surface area (Å²) in [5, 5.41) is 8.02. The van der Waals surface area contributed by atoms with Crippen molar-refractivity contribution in [3.8, 4) is 0 Å². The van der Waals surface area contributed by atoms with Crippen LogP contribution in [0.2, 0.25) is 0 Å². The molecule has 1 nitrogen and oxygen atoms in total. The van der Waals surface area contributed by atoms with E-state index in [0.29, 0.717) is 0 Å². The van der Waals surface area contributed by atoms with Gasteiger partial charge < -0.3 is 5.41 Å². The van der Waals surface area contributed by atoms with Crippen LogP contribution in [0.15, 0.2) is 35.5 Å². The topological polar surface area (TPSA) is 23.9 Å². The number of hydrogen-bond acceptors (Lipinski definition) is 1. The van der Waals surface area contributed by atoms with Gasteiger partial charge in [0.1, 0.15) is 0 Å². The van der Waals surface area contributed by atoms with Crippen LogP contribution >= 0.6 is 0 Å². The van der Waals surface area contributed by atoms with E-state index in [1.807, 2.05) is 13.0 Å². The molecule has 0 aliphatic heterocycles. The number of hydrogen-bond donors (Lipinski definition) is 1. The third-order valence-electron chi connectivity index (χ3n) is 2.85. The van der Waals surface area contributed by atoms with Gasteiger partial charge >= 0.3 is 0 Å². The summed E-state index contributed by atoms with van der Waals surface area (Å²) < 4.78 is 0. The molecule has 0 aliphatic rings. The average molecular weight is 233 g/mol. The first-order valence-electron chi connectivity index (χ1n) is 6.44. The third kappa shape index (κ3) is 6.93. The molecule has 0 amide bonds.